The molecule has 0 bridgehead atoms. The van der Waals surface area contributed by atoms with Crippen molar-refractivity contribution in [2.24, 2.45) is 5.73 Å². The topological polar surface area (TPSA) is 48.1 Å². The number of hydrogen-bond donors (Lipinski definition) is 1. The van der Waals surface area contributed by atoms with Crippen molar-refractivity contribution < 1.29 is 4.74 Å². The Kier molecular flexibility index (Phi) is 4.42. The number of hydrogen-bond acceptors (Lipinski definition) is 4. The van der Waals surface area contributed by atoms with Gasteiger partial charge in [-0.1, -0.05) is 13.8 Å². The van der Waals surface area contributed by atoms with E-state index in [0.29, 0.717) is 13.2 Å². The van der Waals surface area contributed by atoms with Crippen LogP contribution in [-0.2, 0) is 5.41 Å². The first-order valence-electron chi connectivity index (χ1n) is 6.93. The van der Waals surface area contributed by atoms with Gasteiger partial charge in [-0.2, -0.15) is 0 Å². The average molecular weight is 278 g/mol. The van der Waals surface area contributed by atoms with Crippen LogP contribution in [0.2, 0.25) is 0 Å². The third kappa shape index (κ3) is 2.60. The van der Waals surface area contributed by atoms with Gasteiger partial charge in [-0.15, -0.1) is 11.3 Å². The summed E-state index contributed by atoms with van der Waals surface area (Å²) in [5.74, 6) is 0.913. The molecule has 1 heterocycles. The van der Waals surface area contributed by atoms with Gasteiger partial charge in [-0.25, -0.2) is 4.98 Å². The van der Waals surface area contributed by atoms with Gasteiger partial charge in [0.05, 0.1) is 16.8 Å². The second-order valence-corrected chi connectivity index (χ2v) is 5.80. The predicted molar refractivity (Wildman–Crippen MR) is 82.1 cm³/mol. The van der Waals surface area contributed by atoms with E-state index in [4.69, 9.17) is 15.5 Å². The van der Waals surface area contributed by atoms with Crippen molar-refractivity contribution in [3.63, 3.8) is 0 Å². The van der Waals surface area contributed by atoms with Crippen molar-refractivity contribution in [2.45, 2.75) is 39.0 Å². The number of thiazole rings is 1. The molecule has 0 saturated carbocycles. The van der Waals surface area contributed by atoms with Crippen LogP contribution in [0.15, 0.2) is 18.2 Å². The van der Waals surface area contributed by atoms with Gasteiger partial charge in [-0.3, -0.25) is 0 Å². The summed E-state index contributed by atoms with van der Waals surface area (Å²) in [4.78, 5) is 4.78. The van der Waals surface area contributed by atoms with Crippen LogP contribution in [-0.4, -0.2) is 18.1 Å². The minimum atomic E-state index is 0.0233. The lowest BCUT2D eigenvalue weighted by Crippen LogP contribution is -2.33. The minimum absolute atomic E-state index is 0.0233. The smallest absolute Gasteiger partial charge is 0.120 e. The molecule has 0 radical (unpaired) electrons. The molecule has 0 atom stereocenters. The molecule has 1 aromatic heterocycles. The molecule has 0 amide bonds. The van der Waals surface area contributed by atoms with Crippen LogP contribution in [0.5, 0.6) is 5.75 Å². The number of nitrogens with two attached hydrogens (primary N) is 1. The molecule has 2 aromatic rings. The predicted octanol–water partition coefficient (Wildman–Crippen LogP) is 3.71. The second-order valence-electron chi connectivity index (χ2n) is 4.77. The van der Waals surface area contributed by atoms with Gasteiger partial charge in [0.1, 0.15) is 10.8 Å². The summed E-state index contributed by atoms with van der Waals surface area (Å²) >= 11 is 1.75. The highest BCUT2D eigenvalue weighted by Gasteiger charge is 2.30. The van der Waals surface area contributed by atoms with Crippen LogP contribution in [0.25, 0.3) is 10.2 Å². The molecule has 4 heteroatoms. The Labute approximate surface area is 118 Å². The fourth-order valence-electron chi connectivity index (χ4n) is 2.32. The highest BCUT2D eigenvalue weighted by molar-refractivity contribution is 7.18. The van der Waals surface area contributed by atoms with Crippen LogP contribution in [0.4, 0.5) is 0 Å². The molecule has 19 heavy (non-hydrogen) atoms. The second kappa shape index (κ2) is 5.88. The quantitative estimate of drug-likeness (QED) is 0.876. The molecule has 0 aliphatic heterocycles. The van der Waals surface area contributed by atoms with E-state index in [-0.39, 0.29) is 5.41 Å². The Hall–Kier alpha value is -1.13. The lowest BCUT2D eigenvalue weighted by Gasteiger charge is -2.27. The van der Waals surface area contributed by atoms with Crippen LogP contribution < -0.4 is 10.5 Å². The van der Waals surface area contributed by atoms with Gasteiger partial charge in [-0.05, 0) is 38.0 Å². The van der Waals surface area contributed by atoms with Gasteiger partial charge in [0.2, 0.25) is 0 Å². The lowest BCUT2D eigenvalue weighted by atomic mass is 9.83. The van der Waals surface area contributed by atoms with Gasteiger partial charge < -0.3 is 10.5 Å². The Morgan fingerprint density at radius 3 is 2.58 bits per heavy atom. The van der Waals surface area contributed by atoms with E-state index in [1.165, 1.54) is 4.70 Å². The lowest BCUT2D eigenvalue weighted by molar-refractivity contribution is 0.341. The first kappa shape index (κ1) is 14.3. The van der Waals surface area contributed by atoms with Gasteiger partial charge >= 0.3 is 0 Å². The number of ether oxygens (including phenoxy) is 1. The third-order valence-corrected chi connectivity index (χ3v) is 5.13. The molecule has 0 aliphatic rings. The Balaban J connectivity index is 2.45. The van der Waals surface area contributed by atoms with E-state index in [1.807, 2.05) is 19.1 Å². The highest BCUT2D eigenvalue weighted by atomic mass is 32.1. The third-order valence-electron chi connectivity index (χ3n) is 3.87. The van der Waals surface area contributed by atoms with Crippen LogP contribution in [0.3, 0.4) is 0 Å². The van der Waals surface area contributed by atoms with E-state index in [1.54, 1.807) is 11.3 Å². The largest absolute Gasteiger partial charge is 0.494 e. The summed E-state index contributed by atoms with van der Waals surface area (Å²) in [6.45, 7) is 7.71. The number of rotatable bonds is 6. The molecule has 0 fully saturated rings. The van der Waals surface area contributed by atoms with Crippen LogP contribution in [0.1, 0.15) is 38.6 Å². The first-order valence-corrected chi connectivity index (χ1v) is 7.74. The van der Waals surface area contributed by atoms with Crippen molar-refractivity contribution in [1.29, 1.82) is 0 Å². The van der Waals surface area contributed by atoms with Crippen molar-refractivity contribution in [3.05, 3.63) is 23.2 Å². The van der Waals surface area contributed by atoms with Gasteiger partial charge in [0.25, 0.3) is 0 Å². The summed E-state index contributed by atoms with van der Waals surface area (Å²) in [5, 5.41) is 1.16. The summed E-state index contributed by atoms with van der Waals surface area (Å²) < 4.78 is 6.72. The molecule has 104 valence electrons. The van der Waals surface area contributed by atoms with Crippen LogP contribution in [0, 0.1) is 0 Å². The number of benzene rings is 1. The fourth-order valence-corrected chi connectivity index (χ4v) is 3.65. The zero-order chi connectivity index (χ0) is 13.9. The summed E-state index contributed by atoms with van der Waals surface area (Å²) in [6.07, 6.45) is 2.05. The van der Waals surface area contributed by atoms with E-state index in [0.717, 1.165) is 29.1 Å². The van der Waals surface area contributed by atoms with E-state index in [2.05, 4.69) is 19.9 Å². The zero-order valence-electron chi connectivity index (χ0n) is 11.9. The van der Waals surface area contributed by atoms with Gasteiger partial charge in [0.15, 0.2) is 0 Å². The number of nitrogens with zero attached hydrogens (tertiary/aromatic N) is 1. The summed E-state index contributed by atoms with van der Waals surface area (Å²) in [7, 11) is 0. The minimum Gasteiger partial charge on any atom is -0.494 e. The maximum Gasteiger partial charge on any atom is 0.120 e. The zero-order valence-corrected chi connectivity index (χ0v) is 12.7. The van der Waals surface area contributed by atoms with Crippen molar-refractivity contribution in [1.82, 2.24) is 4.98 Å². The molecule has 0 unspecified atom stereocenters. The Bertz CT molecular complexity index is 538. The molecule has 0 aliphatic carbocycles. The van der Waals surface area contributed by atoms with E-state index >= 15 is 0 Å². The monoisotopic (exact) mass is 278 g/mol. The van der Waals surface area contributed by atoms with Crippen molar-refractivity contribution >= 4 is 21.6 Å². The molecular weight excluding hydrogens is 256 g/mol. The van der Waals surface area contributed by atoms with E-state index in [9.17, 15) is 0 Å². The number of fused-ring (bicyclic) bond motifs is 1. The molecule has 0 saturated heterocycles. The maximum absolute atomic E-state index is 6.00. The SMILES string of the molecule is CCOc1ccc2nc(C(CC)(CC)CN)sc2c1. The van der Waals surface area contributed by atoms with E-state index < -0.39 is 0 Å². The van der Waals surface area contributed by atoms with Crippen molar-refractivity contribution in [3.8, 4) is 5.75 Å². The molecule has 0 spiro atoms. The summed E-state index contributed by atoms with van der Waals surface area (Å²) in [5.41, 5.74) is 7.07. The molecule has 2 N–H and O–H groups in total. The summed E-state index contributed by atoms with van der Waals surface area (Å²) in [6, 6.07) is 6.09. The fraction of sp³-hybridized carbons (Fsp3) is 0.533. The Morgan fingerprint density at radius 1 is 1.26 bits per heavy atom. The molecule has 1 aromatic carbocycles. The van der Waals surface area contributed by atoms with Crippen molar-refractivity contribution in [2.75, 3.05) is 13.2 Å². The standard InChI is InChI=1S/C15H22N2OS/c1-4-15(5-2,10-16)14-17-12-8-7-11(18-6-3)9-13(12)19-14/h7-9H,4-6,10,16H2,1-3H3. The molecular formula is C15H22N2OS. The Morgan fingerprint density at radius 2 is 2.00 bits per heavy atom. The van der Waals surface area contributed by atoms with Crippen LogP contribution >= 0.6 is 11.3 Å². The maximum atomic E-state index is 6.00. The first-order chi connectivity index (χ1) is 9.19. The molecule has 2 rings (SSSR count). The average Bonchev–Trinajstić information content (AvgIpc) is 2.85. The number of aromatic nitrogens is 1. The van der Waals surface area contributed by atoms with Gasteiger partial charge in [0, 0.05) is 12.0 Å². The normalized spacial score (nSPS) is 12.0. The highest BCUT2D eigenvalue weighted by Crippen LogP contribution is 2.37. The molecule has 3 nitrogen and oxygen atoms in total.